The minimum atomic E-state index is -0.960. The number of aliphatic carboxylic acids is 1. The molecule has 0 spiro atoms. The lowest BCUT2D eigenvalue weighted by Crippen LogP contribution is -2.50. The molecule has 1 saturated heterocycles. The molecule has 1 atom stereocenters. The van der Waals surface area contributed by atoms with Crippen molar-refractivity contribution in [3.05, 3.63) is 36.1 Å². The van der Waals surface area contributed by atoms with E-state index in [1.54, 1.807) is 23.9 Å². The summed E-state index contributed by atoms with van der Waals surface area (Å²) in [4.78, 5) is 25.3. The molecule has 6 heteroatoms. The molecule has 3 rings (SSSR count). The summed E-state index contributed by atoms with van der Waals surface area (Å²) in [6.07, 6.45) is 1.41. The monoisotopic (exact) mass is 291 g/mol. The maximum absolute atomic E-state index is 12.6. The van der Waals surface area contributed by atoms with Crippen molar-refractivity contribution in [2.75, 3.05) is 18.1 Å². The van der Waals surface area contributed by atoms with Gasteiger partial charge in [0.2, 0.25) is 0 Å². The normalized spacial score (nSPS) is 19.2. The van der Waals surface area contributed by atoms with Gasteiger partial charge in [-0.1, -0.05) is 18.2 Å². The van der Waals surface area contributed by atoms with Gasteiger partial charge in [-0.05, 0) is 6.07 Å². The summed E-state index contributed by atoms with van der Waals surface area (Å²) in [5.74, 6) is -0.0525. The van der Waals surface area contributed by atoms with E-state index in [-0.39, 0.29) is 5.91 Å². The summed E-state index contributed by atoms with van der Waals surface area (Å²) >= 11 is 1.56. The van der Waals surface area contributed by atoms with E-state index in [2.05, 4.69) is 0 Å². The van der Waals surface area contributed by atoms with E-state index in [0.717, 1.165) is 11.1 Å². The minimum Gasteiger partial charge on any atom is -0.480 e. The zero-order valence-electron chi connectivity index (χ0n) is 10.6. The molecule has 5 nitrogen and oxygen atoms in total. The zero-order valence-corrected chi connectivity index (χ0v) is 11.4. The maximum atomic E-state index is 12.6. The van der Waals surface area contributed by atoms with E-state index in [1.165, 1.54) is 11.2 Å². The maximum Gasteiger partial charge on any atom is 0.327 e. The molecule has 0 aliphatic carbocycles. The van der Waals surface area contributed by atoms with Crippen molar-refractivity contribution >= 4 is 34.6 Å². The van der Waals surface area contributed by atoms with Gasteiger partial charge in [-0.3, -0.25) is 4.79 Å². The van der Waals surface area contributed by atoms with Gasteiger partial charge in [0.1, 0.15) is 17.9 Å². The molecule has 0 bridgehead atoms. The summed E-state index contributed by atoms with van der Waals surface area (Å²) in [5.41, 5.74) is 1.06. The van der Waals surface area contributed by atoms with Gasteiger partial charge < -0.3 is 14.4 Å². The van der Waals surface area contributed by atoms with Crippen LogP contribution in [0.4, 0.5) is 0 Å². The fraction of sp³-hybridized carbons (Fsp3) is 0.286. The van der Waals surface area contributed by atoms with Crippen molar-refractivity contribution in [1.82, 2.24) is 4.90 Å². The topological polar surface area (TPSA) is 70.8 Å². The minimum absolute atomic E-state index is 0.275. The van der Waals surface area contributed by atoms with Gasteiger partial charge >= 0.3 is 5.97 Å². The first-order valence-corrected chi connectivity index (χ1v) is 7.41. The Morgan fingerprint density at radius 1 is 1.35 bits per heavy atom. The highest BCUT2D eigenvalue weighted by atomic mass is 32.2. The molecule has 20 heavy (non-hydrogen) atoms. The van der Waals surface area contributed by atoms with Gasteiger partial charge in [-0.2, -0.15) is 11.8 Å². The summed E-state index contributed by atoms with van der Waals surface area (Å²) in [6, 6.07) is 6.48. The molecule has 104 valence electrons. The molecule has 1 aromatic heterocycles. The average Bonchev–Trinajstić information content (AvgIpc) is 2.90. The molecule has 1 fully saturated rings. The summed E-state index contributed by atoms with van der Waals surface area (Å²) in [6.45, 7) is 0.444. The predicted molar refractivity (Wildman–Crippen MR) is 76.0 cm³/mol. The largest absolute Gasteiger partial charge is 0.480 e. The number of hydrogen-bond acceptors (Lipinski definition) is 4. The Bertz CT molecular complexity index is 666. The molecule has 2 heterocycles. The molecule has 1 amide bonds. The van der Waals surface area contributed by atoms with E-state index in [4.69, 9.17) is 4.42 Å². The number of thioether (sulfide) groups is 1. The van der Waals surface area contributed by atoms with Gasteiger partial charge in [0.15, 0.2) is 0 Å². The van der Waals surface area contributed by atoms with Crippen LogP contribution in [0.1, 0.15) is 10.4 Å². The van der Waals surface area contributed by atoms with Crippen LogP contribution in [0.15, 0.2) is 34.9 Å². The van der Waals surface area contributed by atoms with E-state index in [1.807, 2.05) is 12.1 Å². The van der Waals surface area contributed by atoms with Crippen LogP contribution >= 0.6 is 11.8 Å². The number of carbonyl (C=O) groups is 2. The number of para-hydroxylation sites is 1. The van der Waals surface area contributed by atoms with Crippen LogP contribution in [0.5, 0.6) is 0 Å². The van der Waals surface area contributed by atoms with Crippen molar-refractivity contribution in [3.8, 4) is 0 Å². The highest BCUT2D eigenvalue weighted by Gasteiger charge is 2.33. The van der Waals surface area contributed by atoms with Crippen LogP contribution in [-0.4, -0.2) is 46.0 Å². The van der Waals surface area contributed by atoms with Crippen LogP contribution < -0.4 is 0 Å². The van der Waals surface area contributed by atoms with Crippen LogP contribution in [0, 0.1) is 0 Å². The third-order valence-corrected chi connectivity index (χ3v) is 4.41. The first-order chi connectivity index (χ1) is 9.68. The van der Waals surface area contributed by atoms with Crippen molar-refractivity contribution in [1.29, 1.82) is 0 Å². The highest BCUT2D eigenvalue weighted by molar-refractivity contribution is 7.99. The molecule has 1 aliphatic rings. The zero-order chi connectivity index (χ0) is 14.1. The Kier molecular flexibility index (Phi) is 3.40. The second-order valence-corrected chi connectivity index (χ2v) is 5.72. The molecule has 1 N–H and O–H groups in total. The van der Waals surface area contributed by atoms with Gasteiger partial charge in [0.05, 0.1) is 5.56 Å². The fourth-order valence-corrected chi connectivity index (χ4v) is 3.39. The lowest BCUT2D eigenvalue weighted by Gasteiger charge is -2.32. The molecule has 2 aromatic rings. The van der Waals surface area contributed by atoms with Gasteiger partial charge in [-0.25, -0.2) is 4.79 Å². The van der Waals surface area contributed by atoms with Crippen LogP contribution in [0.25, 0.3) is 11.0 Å². The van der Waals surface area contributed by atoms with Gasteiger partial charge in [0, 0.05) is 23.4 Å². The number of amides is 1. The van der Waals surface area contributed by atoms with E-state index in [9.17, 15) is 14.7 Å². The standard InChI is InChI=1S/C14H13NO4S/c16-13(15-5-6-20-8-11(15)14(17)18)10-7-19-12-4-2-1-3-9(10)12/h1-4,7,11H,5-6,8H2,(H,17,18). The Hall–Kier alpha value is -1.95. The molecule has 0 saturated carbocycles. The first-order valence-electron chi connectivity index (χ1n) is 6.26. The highest BCUT2D eigenvalue weighted by Crippen LogP contribution is 2.25. The first kappa shape index (κ1) is 13.1. The molecular formula is C14H13NO4S. The number of nitrogens with zero attached hydrogens (tertiary/aromatic N) is 1. The number of hydrogen-bond donors (Lipinski definition) is 1. The van der Waals surface area contributed by atoms with Crippen LogP contribution in [0.3, 0.4) is 0 Å². The molecule has 1 unspecified atom stereocenters. The summed E-state index contributed by atoms with van der Waals surface area (Å²) in [5, 5.41) is 9.96. The lowest BCUT2D eigenvalue weighted by atomic mass is 10.1. The van der Waals surface area contributed by atoms with Gasteiger partial charge in [-0.15, -0.1) is 0 Å². The molecule has 0 radical (unpaired) electrons. The average molecular weight is 291 g/mol. The third kappa shape index (κ3) is 2.16. The number of carbonyl (C=O) groups excluding carboxylic acids is 1. The summed E-state index contributed by atoms with van der Waals surface area (Å²) < 4.78 is 5.36. The molecular weight excluding hydrogens is 278 g/mol. The third-order valence-electron chi connectivity index (χ3n) is 3.39. The Morgan fingerprint density at radius 3 is 2.95 bits per heavy atom. The van der Waals surface area contributed by atoms with Crippen LogP contribution in [0.2, 0.25) is 0 Å². The van der Waals surface area contributed by atoms with Crippen molar-refractivity contribution in [3.63, 3.8) is 0 Å². The Labute approximate surface area is 119 Å². The van der Waals surface area contributed by atoms with E-state index >= 15 is 0 Å². The predicted octanol–water partition coefficient (Wildman–Crippen LogP) is 2.07. The lowest BCUT2D eigenvalue weighted by molar-refractivity contribution is -0.141. The number of carboxylic acid groups (broad SMARTS) is 1. The second kappa shape index (κ2) is 5.20. The number of benzene rings is 1. The Morgan fingerprint density at radius 2 is 2.15 bits per heavy atom. The SMILES string of the molecule is O=C(O)C1CSCCN1C(=O)c1coc2ccccc12. The fourth-order valence-electron chi connectivity index (χ4n) is 2.35. The van der Waals surface area contributed by atoms with Crippen molar-refractivity contribution < 1.29 is 19.1 Å². The molecule has 1 aliphatic heterocycles. The number of fused-ring (bicyclic) bond motifs is 1. The van der Waals surface area contributed by atoms with Crippen molar-refractivity contribution in [2.45, 2.75) is 6.04 Å². The number of carboxylic acids is 1. The van der Waals surface area contributed by atoms with E-state index < -0.39 is 12.0 Å². The van der Waals surface area contributed by atoms with E-state index in [0.29, 0.717) is 23.4 Å². The Balaban J connectivity index is 1.96. The second-order valence-electron chi connectivity index (χ2n) is 4.57. The van der Waals surface area contributed by atoms with Crippen LogP contribution in [-0.2, 0) is 4.79 Å². The quantitative estimate of drug-likeness (QED) is 0.917. The summed E-state index contributed by atoms with van der Waals surface area (Å²) in [7, 11) is 0. The number of rotatable bonds is 2. The molecule has 1 aromatic carbocycles. The smallest absolute Gasteiger partial charge is 0.327 e. The van der Waals surface area contributed by atoms with Gasteiger partial charge in [0.25, 0.3) is 5.91 Å². The number of furan rings is 1. The van der Waals surface area contributed by atoms with Crippen molar-refractivity contribution in [2.24, 2.45) is 0 Å².